The molecule has 0 saturated carbocycles. The summed E-state index contributed by atoms with van der Waals surface area (Å²) in [6, 6.07) is 12.5. The first-order chi connectivity index (χ1) is 11.0. The van der Waals surface area contributed by atoms with Gasteiger partial charge in [0.1, 0.15) is 5.82 Å². The number of nitrogens with one attached hydrogen (secondary N) is 1. The van der Waals surface area contributed by atoms with Crippen molar-refractivity contribution in [1.82, 2.24) is 0 Å². The minimum Gasteiger partial charge on any atom is -0.456 e. The van der Waals surface area contributed by atoms with Gasteiger partial charge in [0.25, 0.3) is 5.91 Å². The zero-order valence-electron chi connectivity index (χ0n) is 12.2. The van der Waals surface area contributed by atoms with Crippen molar-refractivity contribution in [2.45, 2.75) is 12.8 Å². The van der Waals surface area contributed by atoms with Crippen LogP contribution in [-0.4, -0.2) is 18.5 Å². The highest BCUT2D eigenvalue weighted by Gasteiger charge is 2.08. The van der Waals surface area contributed by atoms with Gasteiger partial charge in [0.2, 0.25) is 0 Å². The van der Waals surface area contributed by atoms with E-state index in [4.69, 9.17) is 16.3 Å². The molecule has 0 spiro atoms. The Morgan fingerprint density at radius 2 is 1.70 bits per heavy atom. The Labute approximate surface area is 138 Å². The van der Waals surface area contributed by atoms with Crippen molar-refractivity contribution in [3.8, 4) is 0 Å². The van der Waals surface area contributed by atoms with Crippen LogP contribution >= 0.6 is 11.6 Å². The second kappa shape index (κ2) is 8.29. The monoisotopic (exact) mass is 335 g/mol. The van der Waals surface area contributed by atoms with Gasteiger partial charge in [0.15, 0.2) is 6.61 Å². The lowest BCUT2D eigenvalue weighted by Crippen LogP contribution is -2.21. The van der Waals surface area contributed by atoms with E-state index in [-0.39, 0.29) is 18.8 Å². The van der Waals surface area contributed by atoms with E-state index in [1.165, 1.54) is 12.1 Å². The van der Waals surface area contributed by atoms with Crippen LogP contribution < -0.4 is 5.32 Å². The third-order valence-corrected chi connectivity index (χ3v) is 3.28. The lowest BCUT2D eigenvalue weighted by molar-refractivity contribution is -0.147. The number of amides is 1. The zero-order chi connectivity index (χ0) is 16.7. The van der Waals surface area contributed by atoms with Gasteiger partial charge >= 0.3 is 5.97 Å². The molecular weight excluding hydrogens is 321 g/mol. The van der Waals surface area contributed by atoms with Crippen molar-refractivity contribution >= 4 is 29.2 Å². The fourth-order valence-corrected chi connectivity index (χ4v) is 1.97. The molecule has 0 aliphatic carbocycles. The van der Waals surface area contributed by atoms with E-state index in [1.54, 1.807) is 36.4 Å². The summed E-state index contributed by atoms with van der Waals surface area (Å²) >= 11 is 5.74. The van der Waals surface area contributed by atoms with Gasteiger partial charge in [-0.05, 0) is 48.4 Å². The highest BCUT2D eigenvalue weighted by Crippen LogP contribution is 2.13. The molecular formula is C17H15ClFNO3. The van der Waals surface area contributed by atoms with E-state index in [0.29, 0.717) is 17.1 Å². The van der Waals surface area contributed by atoms with Gasteiger partial charge in [-0.2, -0.15) is 0 Å². The average Bonchev–Trinajstić information content (AvgIpc) is 2.54. The molecule has 0 radical (unpaired) electrons. The predicted molar refractivity (Wildman–Crippen MR) is 85.8 cm³/mol. The summed E-state index contributed by atoms with van der Waals surface area (Å²) in [5.41, 5.74) is 1.40. The van der Waals surface area contributed by atoms with Gasteiger partial charge in [-0.3, -0.25) is 9.59 Å². The first kappa shape index (κ1) is 17.0. The predicted octanol–water partition coefficient (Wildman–Crippen LogP) is 3.59. The molecule has 2 aromatic carbocycles. The Morgan fingerprint density at radius 3 is 2.35 bits per heavy atom. The summed E-state index contributed by atoms with van der Waals surface area (Å²) in [7, 11) is 0. The van der Waals surface area contributed by atoms with E-state index in [1.807, 2.05) is 0 Å². The van der Waals surface area contributed by atoms with Crippen molar-refractivity contribution in [1.29, 1.82) is 0 Å². The van der Waals surface area contributed by atoms with E-state index < -0.39 is 11.9 Å². The fourth-order valence-electron chi connectivity index (χ4n) is 1.85. The molecule has 0 atom stereocenters. The molecule has 4 nitrogen and oxygen atoms in total. The summed E-state index contributed by atoms with van der Waals surface area (Å²) in [6.07, 6.45) is 0.553. The number of esters is 1. The van der Waals surface area contributed by atoms with Gasteiger partial charge in [0.05, 0.1) is 0 Å². The van der Waals surface area contributed by atoms with Crippen LogP contribution in [0.5, 0.6) is 0 Å². The van der Waals surface area contributed by atoms with Crippen LogP contribution in [0.15, 0.2) is 48.5 Å². The molecule has 0 aliphatic rings. The second-order valence-electron chi connectivity index (χ2n) is 4.84. The third-order valence-electron chi connectivity index (χ3n) is 3.02. The normalized spacial score (nSPS) is 10.2. The topological polar surface area (TPSA) is 55.4 Å². The van der Waals surface area contributed by atoms with Gasteiger partial charge < -0.3 is 10.1 Å². The Kier molecular flexibility index (Phi) is 6.11. The standard InChI is InChI=1S/C17H15ClFNO3/c18-13-4-8-15(9-5-13)20-16(21)11-23-17(22)10-3-12-1-6-14(19)7-2-12/h1-2,4-9H,3,10-11H2,(H,20,21). The highest BCUT2D eigenvalue weighted by molar-refractivity contribution is 6.30. The molecule has 0 saturated heterocycles. The third kappa shape index (κ3) is 6.08. The molecule has 0 aliphatic heterocycles. The average molecular weight is 336 g/mol. The molecule has 1 amide bonds. The Bertz CT molecular complexity index is 671. The van der Waals surface area contributed by atoms with Gasteiger partial charge in [-0.1, -0.05) is 23.7 Å². The first-order valence-corrected chi connectivity index (χ1v) is 7.36. The van der Waals surface area contributed by atoms with Crippen LogP contribution in [0.4, 0.5) is 10.1 Å². The lowest BCUT2D eigenvalue weighted by atomic mass is 10.1. The molecule has 23 heavy (non-hydrogen) atoms. The summed E-state index contributed by atoms with van der Waals surface area (Å²) in [6.45, 7) is -0.356. The smallest absolute Gasteiger partial charge is 0.306 e. The number of carbonyl (C=O) groups is 2. The number of ether oxygens (including phenoxy) is 1. The van der Waals surface area contributed by atoms with Crippen molar-refractivity contribution in [3.63, 3.8) is 0 Å². The SMILES string of the molecule is O=C(COC(=O)CCc1ccc(F)cc1)Nc1ccc(Cl)cc1. The zero-order valence-corrected chi connectivity index (χ0v) is 13.0. The number of hydrogen-bond acceptors (Lipinski definition) is 3. The fraction of sp³-hybridized carbons (Fsp3) is 0.176. The number of carbonyl (C=O) groups excluding carboxylic acids is 2. The number of benzene rings is 2. The van der Waals surface area contributed by atoms with Crippen molar-refractivity contribution in [3.05, 3.63) is 64.9 Å². The Morgan fingerprint density at radius 1 is 1.04 bits per heavy atom. The van der Waals surface area contributed by atoms with E-state index in [2.05, 4.69) is 5.32 Å². The lowest BCUT2D eigenvalue weighted by Gasteiger charge is -2.07. The largest absolute Gasteiger partial charge is 0.456 e. The molecule has 0 bridgehead atoms. The minimum absolute atomic E-state index is 0.125. The quantitative estimate of drug-likeness (QED) is 0.821. The Hall–Kier alpha value is -2.40. The molecule has 0 aromatic heterocycles. The minimum atomic E-state index is -0.486. The Balaban J connectivity index is 1.70. The van der Waals surface area contributed by atoms with Crippen LogP contribution in [-0.2, 0) is 20.7 Å². The maximum atomic E-state index is 12.8. The van der Waals surface area contributed by atoms with Crippen molar-refractivity contribution < 1.29 is 18.7 Å². The van der Waals surface area contributed by atoms with E-state index in [0.717, 1.165) is 5.56 Å². The van der Waals surface area contributed by atoms with Gasteiger partial charge in [-0.25, -0.2) is 4.39 Å². The summed E-state index contributed by atoms with van der Waals surface area (Å²) in [4.78, 5) is 23.2. The van der Waals surface area contributed by atoms with E-state index in [9.17, 15) is 14.0 Å². The maximum absolute atomic E-state index is 12.8. The first-order valence-electron chi connectivity index (χ1n) is 6.98. The highest BCUT2D eigenvalue weighted by atomic mass is 35.5. The van der Waals surface area contributed by atoms with Crippen LogP contribution in [0.1, 0.15) is 12.0 Å². The molecule has 120 valence electrons. The van der Waals surface area contributed by atoms with Crippen molar-refractivity contribution in [2.75, 3.05) is 11.9 Å². The summed E-state index contributed by atoms with van der Waals surface area (Å²) in [5, 5.41) is 3.15. The van der Waals surface area contributed by atoms with Gasteiger partial charge in [-0.15, -0.1) is 0 Å². The van der Waals surface area contributed by atoms with Crippen LogP contribution in [0, 0.1) is 5.82 Å². The number of anilines is 1. The van der Waals surface area contributed by atoms with E-state index >= 15 is 0 Å². The molecule has 2 rings (SSSR count). The molecule has 6 heteroatoms. The summed E-state index contributed by atoms with van der Waals surface area (Å²) < 4.78 is 17.6. The summed E-state index contributed by atoms with van der Waals surface area (Å²) in [5.74, 6) is -1.24. The molecule has 0 heterocycles. The van der Waals surface area contributed by atoms with Crippen molar-refractivity contribution in [2.24, 2.45) is 0 Å². The molecule has 1 N–H and O–H groups in total. The number of rotatable bonds is 6. The number of halogens is 2. The second-order valence-corrected chi connectivity index (χ2v) is 5.28. The molecule has 0 unspecified atom stereocenters. The van der Waals surface area contributed by atoms with Gasteiger partial charge in [0, 0.05) is 17.1 Å². The number of hydrogen-bond donors (Lipinski definition) is 1. The number of aryl methyl sites for hydroxylation is 1. The van der Waals surface area contributed by atoms with Crippen LogP contribution in [0.25, 0.3) is 0 Å². The van der Waals surface area contributed by atoms with Crippen LogP contribution in [0.2, 0.25) is 5.02 Å². The molecule has 2 aromatic rings. The maximum Gasteiger partial charge on any atom is 0.306 e. The van der Waals surface area contributed by atoms with Crippen LogP contribution in [0.3, 0.4) is 0 Å². The molecule has 0 fully saturated rings.